The van der Waals surface area contributed by atoms with Gasteiger partial charge in [-0.2, -0.15) is 0 Å². The van der Waals surface area contributed by atoms with E-state index >= 15 is 0 Å². The largest absolute Gasteiger partial charge is 0.497 e. The molecule has 158 valence electrons. The number of carbonyl (C=O) groups is 1. The molecule has 1 N–H and O–H groups in total. The molecule has 0 saturated heterocycles. The summed E-state index contributed by atoms with van der Waals surface area (Å²) in [7, 11) is 0.0876. The number of anilines is 1. The molecule has 0 atom stereocenters. The first-order valence-corrected chi connectivity index (χ1v) is 11.0. The number of esters is 1. The molecule has 0 bridgehead atoms. The van der Waals surface area contributed by atoms with E-state index in [4.69, 9.17) is 14.2 Å². The third-order valence-electron chi connectivity index (χ3n) is 4.16. The fourth-order valence-electron chi connectivity index (χ4n) is 2.70. The van der Waals surface area contributed by atoms with Crippen molar-refractivity contribution in [2.45, 2.75) is 11.3 Å². The van der Waals surface area contributed by atoms with Crippen molar-refractivity contribution >= 4 is 32.5 Å². The number of carbonyl (C=O) groups excluding carboxylic acids is 1. The Bertz CT molecular complexity index is 1140. The molecule has 2 aromatic carbocycles. The number of nitrogens with one attached hydrogen (secondary N) is 1. The van der Waals surface area contributed by atoms with Gasteiger partial charge in [0, 0.05) is 16.5 Å². The zero-order valence-corrected chi connectivity index (χ0v) is 18.2. The van der Waals surface area contributed by atoms with E-state index in [-0.39, 0.29) is 22.2 Å². The van der Waals surface area contributed by atoms with Crippen molar-refractivity contribution in [2.24, 2.45) is 0 Å². The number of thiazole rings is 1. The molecule has 0 fully saturated rings. The SMILES string of the molecule is COC(=O)Cc1sc(NS(=O)(=O)c2cc(OC)ccc2OC)nc1-c1ccccc1. The monoisotopic (exact) mass is 448 g/mol. The summed E-state index contributed by atoms with van der Waals surface area (Å²) < 4.78 is 43.6. The van der Waals surface area contributed by atoms with E-state index in [1.165, 1.54) is 33.5 Å². The van der Waals surface area contributed by atoms with Crippen LogP contribution in [0.25, 0.3) is 11.3 Å². The van der Waals surface area contributed by atoms with E-state index in [0.29, 0.717) is 16.3 Å². The van der Waals surface area contributed by atoms with Gasteiger partial charge in [-0.3, -0.25) is 9.52 Å². The van der Waals surface area contributed by atoms with Gasteiger partial charge >= 0.3 is 5.97 Å². The number of methoxy groups -OCH3 is 3. The number of benzene rings is 2. The van der Waals surface area contributed by atoms with Gasteiger partial charge in [-0.15, -0.1) is 0 Å². The van der Waals surface area contributed by atoms with Crippen LogP contribution >= 0.6 is 11.3 Å². The lowest BCUT2D eigenvalue weighted by molar-refractivity contribution is -0.139. The Morgan fingerprint density at radius 3 is 2.43 bits per heavy atom. The molecule has 0 aliphatic heterocycles. The van der Waals surface area contributed by atoms with Gasteiger partial charge in [-0.05, 0) is 12.1 Å². The third kappa shape index (κ3) is 4.71. The first kappa shape index (κ1) is 21.6. The van der Waals surface area contributed by atoms with Crippen LogP contribution in [0, 0.1) is 0 Å². The quantitative estimate of drug-likeness (QED) is 0.527. The number of aromatic nitrogens is 1. The summed E-state index contributed by atoms with van der Waals surface area (Å²) in [5, 5.41) is 0.123. The average Bonchev–Trinajstić information content (AvgIpc) is 3.14. The second kappa shape index (κ2) is 9.14. The van der Waals surface area contributed by atoms with Crippen molar-refractivity contribution in [1.82, 2.24) is 4.98 Å². The summed E-state index contributed by atoms with van der Waals surface area (Å²) in [4.78, 5) is 16.7. The predicted octanol–water partition coefficient (Wildman–Crippen LogP) is 3.34. The average molecular weight is 449 g/mol. The molecule has 0 saturated carbocycles. The molecule has 0 spiro atoms. The van der Waals surface area contributed by atoms with Crippen LogP contribution < -0.4 is 14.2 Å². The Morgan fingerprint density at radius 1 is 1.07 bits per heavy atom. The van der Waals surface area contributed by atoms with Crippen LogP contribution in [0.15, 0.2) is 53.4 Å². The van der Waals surface area contributed by atoms with E-state index < -0.39 is 16.0 Å². The fraction of sp³-hybridized carbons (Fsp3) is 0.200. The second-order valence-corrected chi connectivity index (χ2v) is 8.77. The lowest BCUT2D eigenvalue weighted by atomic mass is 10.1. The van der Waals surface area contributed by atoms with Crippen LogP contribution in [-0.2, 0) is 26.0 Å². The van der Waals surface area contributed by atoms with Crippen LogP contribution in [0.5, 0.6) is 11.5 Å². The van der Waals surface area contributed by atoms with Crippen molar-refractivity contribution in [1.29, 1.82) is 0 Å². The minimum Gasteiger partial charge on any atom is -0.497 e. The van der Waals surface area contributed by atoms with E-state index in [9.17, 15) is 13.2 Å². The summed E-state index contributed by atoms with van der Waals surface area (Å²) in [6.07, 6.45) is -0.0252. The molecule has 0 unspecified atom stereocenters. The smallest absolute Gasteiger partial charge is 0.310 e. The molecular weight excluding hydrogens is 428 g/mol. The van der Waals surface area contributed by atoms with E-state index in [1.54, 1.807) is 6.07 Å². The maximum Gasteiger partial charge on any atom is 0.310 e. The molecular formula is C20H20N2O6S2. The van der Waals surface area contributed by atoms with Crippen molar-refractivity contribution in [2.75, 3.05) is 26.1 Å². The molecule has 8 nitrogen and oxygen atoms in total. The molecule has 3 aromatic rings. The maximum absolute atomic E-state index is 13.0. The Hall–Kier alpha value is -3.11. The normalized spacial score (nSPS) is 11.0. The van der Waals surface area contributed by atoms with Gasteiger partial charge in [-0.1, -0.05) is 41.7 Å². The fourth-order valence-corrected chi connectivity index (χ4v) is 5.09. The van der Waals surface area contributed by atoms with Crippen LogP contribution in [0.2, 0.25) is 0 Å². The summed E-state index contributed by atoms with van der Waals surface area (Å²) in [5.41, 5.74) is 1.28. The highest BCUT2D eigenvalue weighted by Crippen LogP contribution is 2.35. The molecule has 10 heteroatoms. The van der Waals surface area contributed by atoms with Gasteiger partial charge in [0.1, 0.15) is 16.4 Å². The van der Waals surface area contributed by atoms with Gasteiger partial charge < -0.3 is 14.2 Å². The first-order valence-electron chi connectivity index (χ1n) is 8.74. The number of hydrogen-bond acceptors (Lipinski definition) is 8. The molecule has 1 aromatic heterocycles. The van der Waals surface area contributed by atoms with Crippen molar-refractivity contribution < 1.29 is 27.4 Å². The highest BCUT2D eigenvalue weighted by molar-refractivity contribution is 7.93. The van der Waals surface area contributed by atoms with E-state index in [1.807, 2.05) is 30.3 Å². The van der Waals surface area contributed by atoms with Crippen LogP contribution in [0.1, 0.15) is 4.88 Å². The number of sulfonamides is 1. The summed E-state index contributed by atoms with van der Waals surface area (Å²) in [5.74, 6) is 0.0873. The van der Waals surface area contributed by atoms with Crippen LogP contribution in [0.4, 0.5) is 5.13 Å². The van der Waals surface area contributed by atoms with E-state index in [2.05, 4.69) is 9.71 Å². The second-order valence-electron chi connectivity index (χ2n) is 6.03. The van der Waals surface area contributed by atoms with Gasteiger partial charge in [0.15, 0.2) is 5.13 Å². The minimum atomic E-state index is -4.03. The Kier molecular flexibility index (Phi) is 6.58. The van der Waals surface area contributed by atoms with E-state index in [0.717, 1.165) is 16.9 Å². The van der Waals surface area contributed by atoms with Crippen LogP contribution in [-0.4, -0.2) is 40.7 Å². The molecule has 0 aliphatic carbocycles. The summed E-state index contributed by atoms with van der Waals surface area (Å²) in [6, 6.07) is 13.7. The highest BCUT2D eigenvalue weighted by Gasteiger charge is 2.24. The summed E-state index contributed by atoms with van der Waals surface area (Å²) in [6.45, 7) is 0. The molecule has 3 rings (SSSR count). The zero-order valence-electron chi connectivity index (χ0n) is 16.5. The summed E-state index contributed by atoms with van der Waals surface area (Å²) >= 11 is 1.07. The predicted molar refractivity (Wildman–Crippen MR) is 114 cm³/mol. The first-order chi connectivity index (χ1) is 14.4. The number of ether oxygens (including phenoxy) is 3. The Labute approximate surface area is 178 Å². The van der Waals surface area contributed by atoms with Crippen molar-refractivity contribution in [3.63, 3.8) is 0 Å². The van der Waals surface area contributed by atoms with Gasteiger partial charge in [0.25, 0.3) is 10.0 Å². The third-order valence-corrected chi connectivity index (χ3v) is 6.62. The van der Waals surface area contributed by atoms with Gasteiger partial charge in [-0.25, -0.2) is 13.4 Å². The lowest BCUT2D eigenvalue weighted by Crippen LogP contribution is -2.14. The number of rotatable bonds is 8. The standard InChI is InChI=1S/C20H20N2O6S2/c1-26-14-9-10-15(27-2)17(11-14)30(24,25)22-20-21-19(13-7-5-4-6-8-13)16(29-20)12-18(23)28-3/h4-11H,12H2,1-3H3,(H,21,22). The molecule has 0 aliphatic rings. The topological polar surface area (TPSA) is 104 Å². The highest BCUT2D eigenvalue weighted by atomic mass is 32.2. The van der Waals surface area contributed by atoms with Gasteiger partial charge in [0.05, 0.1) is 33.4 Å². The Morgan fingerprint density at radius 2 is 1.80 bits per heavy atom. The number of nitrogens with zero attached hydrogens (tertiary/aromatic N) is 1. The maximum atomic E-state index is 13.0. The Balaban J connectivity index is 2.01. The molecule has 0 amide bonds. The lowest BCUT2D eigenvalue weighted by Gasteiger charge is -2.11. The zero-order chi connectivity index (χ0) is 21.7. The van der Waals surface area contributed by atoms with Crippen molar-refractivity contribution in [3.05, 3.63) is 53.4 Å². The number of hydrogen-bond donors (Lipinski definition) is 1. The van der Waals surface area contributed by atoms with Crippen LogP contribution in [0.3, 0.4) is 0 Å². The minimum absolute atomic E-state index is 0.0252. The van der Waals surface area contributed by atoms with Crippen molar-refractivity contribution in [3.8, 4) is 22.8 Å². The van der Waals surface area contributed by atoms with Gasteiger partial charge in [0.2, 0.25) is 0 Å². The molecule has 1 heterocycles. The molecule has 30 heavy (non-hydrogen) atoms. The molecule has 0 radical (unpaired) electrons.